The lowest BCUT2D eigenvalue weighted by Gasteiger charge is -2.34. The van der Waals surface area contributed by atoms with E-state index in [4.69, 9.17) is 11.6 Å². The highest BCUT2D eigenvalue weighted by molar-refractivity contribution is 6.33. The number of carbonyl (C=O) groups is 3. The summed E-state index contributed by atoms with van der Waals surface area (Å²) in [6.45, 7) is 5.45. The van der Waals surface area contributed by atoms with E-state index >= 15 is 0 Å². The summed E-state index contributed by atoms with van der Waals surface area (Å²) in [5, 5.41) is 0.482. The van der Waals surface area contributed by atoms with Crippen molar-refractivity contribution >= 4 is 35.0 Å². The fourth-order valence-corrected chi connectivity index (χ4v) is 2.99. The molecule has 1 aromatic carbocycles. The molecule has 3 amide bonds. The molecule has 0 saturated carbocycles. The highest BCUT2D eigenvalue weighted by Gasteiger charge is 2.23. The number of para-hydroxylation sites is 1. The Balaban J connectivity index is 1.93. The topological polar surface area (TPSA) is 60.9 Å². The number of nitrogens with zero attached hydrogens (tertiary/aromatic N) is 3. The van der Waals surface area contributed by atoms with Crippen molar-refractivity contribution < 1.29 is 14.4 Å². The molecule has 0 radical (unpaired) electrons. The molecule has 0 aromatic heterocycles. The van der Waals surface area contributed by atoms with Gasteiger partial charge < -0.3 is 14.7 Å². The van der Waals surface area contributed by atoms with Crippen LogP contribution in [-0.2, 0) is 14.4 Å². The molecule has 24 heavy (non-hydrogen) atoms. The van der Waals surface area contributed by atoms with Crippen molar-refractivity contribution in [2.75, 3.05) is 37.6 Å². The van der Waals surface area contributed by atoms with E-state index in [1.165, 1.54) is 18.7 Å². The van der Waals surface area contributed by atoms with Crippen LogP contribution in [0.15, 0.2) is 24.3 Å². The van der Waals surface area contributed by atoms with E-state index in [2.05, 4.69) is 0 Å². The third kappa shape index (κ3) is 4.47. The number of amides is 3. The molecule has 7 heteroatoms. The summed E-state index contributed by atoms with van der Waals surface area (Å²) in [4.78, 5) is 40.6. The van der Waals surface area contributed by atoms with Crippen LogP contribution in [0.5, 0.6) is 0 Å². The standard InChI is InChI=1S/C17H22ClN3O3/c1-13(22)19-9-11-20(12-10-19)17(24)7-8-21(14(2)23)16-6-4-3-5-15(16)18/h3-6H,7-12H2,1-2H3. The fourth-order valence-electron chi connectivity index (χ4n) is 2.75. The molecule has 2 rings (SSSR count). The minimum Gasteiger partial charge on any atom is -0.339 e. The largest absolute Gasteiger partial charge is 0.339 e. The maximum atomic E-state index is 12.4. The average molecular weight is 352 g/mol. The normalized spacial score (nSPS) is 14.5. The number of halogens is 1. The van der Waals surface area contributed by atoms with Gasteiger partial charge in [0.25, 0.3) is 0 Å². The minimum absolute atomic E-state index is 0.0171. The van der Waals surface area contributed by atoms with Crippen LogP contribution >= 0.6 is 11.6 Å². The molecule has 0 N–H and O–H groups in total. The molecule has 130 valence electrons. The van der Waals surface area contributed by atoms with Crippen LogP contribution < -0.4 is 4.90 Å². The fraction of sp³-hybridized carbons (Fsp3) is 0.471. The first kappa shape index (κ1) is 18.3. The molecule has 0 bridgehead atoms. The van der Waals surface area contributed by atoms with Gasteiger partial charge in [0.05, 0.1) is 10.7 Å². The quantitative estimate of drug-likeness (QED) is 0.830. The van der Waals surface area contributed by atoms with Crippen LogP contribution in [0.2, 0.25) is 5.02 Å². The molecule has 1 heterocycles. The molecule has 1 saturated heterocycles. The number of rotatable bonds is 4. The third-order valence-corrected chi connectivity index (χ3v) is 4.47. The van der Waals surface area contributed by atoms with Crippen molar-refractivity contribution in [2.24, 2.45) is 0 Å². The van der Waals surface area contributed by atoms with Gasteiger partial charge in [-0.1, -0.05) is 23.7 Å². The SMILES string of the molecule is CC(=O)N1CCN(C(=O)CCN(C(C)=O)c2ccccc2Cl)CC1. The predicted octanol–water partition coefficient (Wildman–Crippen LogP) is 1.77. The second-order valence-electron chi connectivity index (χ2n) is 5.76. The van der Waals surface area contributed by atoms with Gasteiger partial charge in [-0.25, -0.2) is 0 Å². The van der Waals surface area contributed by atoms with E-state index in [0.29, 0.717) is 36.9 Å². The summed E-state index contributed by atoms with van der Waals surface area (Å²) < 4.78 is 0. The van der Waals surface area contributed by atoms with Gasteiger partial charge in [0.1, 0.15) is 0 Å². The zero-order chi connectivity index (χ0) is 17.7. The molecule has 0 atom stereocenters. The second kappa shape index (κ2) is 8.15. The van der Waals surface area contributed by atoms with Crippen molar-refractivity contribution in [3.05, 3.63) is 29.3 Å². The average Bonchev–Trinajstić information content (AvgIpc) is 2.56. The summed E-state index contributed by atoms with van der Waals surface area (Å²) in [6, 6.07) is 7.08. The number of hydrogen-bond donors (Lipinski definition) is 0. The number of carbonyl (C=O) groups excluding carboxylic acids is 3. The number of anilines is 1. The monoisotopic (exact) mass is 351 g/mol. The zero-order valence-electron chi connectivity index (χ0n) is 14.0. The Kier molecular flexibility index (Phi) is 6.20. The summed E-state index contributed by atoms with van der Waals surface area (Å²) in [6.07, 6.45) is 0.227. The van der Waals surface area contributed by atoms with Crippen LogP contribution in [0.3, 0.4) is 0 Å². The lowest BCUT2D eigenvalue weighted by molar-refractivity contribution is -0.138. The highest BCUT2D eigenvalue weighted by atomic mass is 35.5. The van der Waals surface area contributed by atoms with Gasteiger partial charge in [-0.3, -0.25) is 14.4 Å². The predicted molar refractivity (Wildman–Crippen MR) is 92.9 cm³/mol. The molecule has 1 fully saturated rings. The van der Waals surface area contributed by atoms with Crippen molar-refractivity contribution in [3.63, 3.8) is 0 Å². The highest BCUT2D eigenvalue weighted by Crippen LogP contribution is 2.25. The van der Waals surface area contributed by atoms with E-state index < -0.39 is 0 Å². The molecular formula is C17H22ClN3O3. The molecule has 6 nitrogen and oxygen atoms in total. The van der Waals surface area contributed by atoms with Crippen LogP contribution in [0.25, 0.3) is 0 Å². The Hall–Kier alpha value is -2.08. The summed E-state index contributed by atoms with van der Waals surface area (Å²) in [5.41, 5.74) is 0.612. The van der Waals surface area contributed by atoms with Crippen molar-refractivity contribution in [1.29, 1.82) is 0 Å². The Bertz CT molecular complexity index is 627. The first-order valence-corrected chi connectivity index (χ1v) is 8.34. The summed E-state index contributed by atoms with van der Waals surface area (Å²) in [5.74, 6) is -0.141. The zero-order valence-corrected chi connectivity index (χ0v) is 14.8. The van der Waals surface area contributed by atoms with Crippen LogP contribution in [0, 0.1) is 0 Å². The number of hydrogen-bond acceptors (Lipinski definition) is 3. The number of benzene rings is 1. The maximum Gasteiger partial charge on any atom is 0.224 e. The van der Waals surface area contributed by atoms with Crippen LogP contribution in [0.4, 0.5) is 5.69 Å². The third-order valence-electron chi connectivity index (χ3n) is 4.15. The van der Waals surface area contributed by atoms with Gasteiger partial charge in [-0.05, 0) is 12.1 Å². The molecule has 0 unspecified atom stereocenters. The second-order valence-corrected chi connectivity index (χ2v) is 6.17. The van der Waals surface area contributed by atoms with Gasteiger partial charge in [0, 0.05) is 53.0 Å². The Morgan fingerprint density at radius 3 is 2.17 bits per heavy atom. The van der Waals surface area contributed by atoms with E-state index in [0.717, 1.165) is 0 Å². The van der Waals surface area contributed by atoms with Gasteiger partial charge >= 0.3 is 0 Å². The van der Waals surface area contributed by atoms with Crippen molar-refractivity contribution in [1.82, 2.24) is 9.80 Å². The summed E-state index contributed by atoms with van der Waals surface area (Å²) >= 11 is 6.15. The lowest BCUT2D eigenvalue weighted by Crippen LogP contribution is -2.50. The Labute approximate surface area is 147 Å². The molecular weight excluding hydrogens is 330 g/mol. The van der Waals surface area contributed by atoms with Crippen LogP contribution in [0.1, 0.15) is 20.3 Å². The molecule has 1 aliphatic heterocycles. The molecule has 1 aromatic rings. The van der Waals surface area contributed by atoms with Gasteiger partial charge in [-0.2, -0.15) is 0 Å². The van der Waals surface area contributed by atoms with Gasteiger partial charge in [0.2, 0.25) is 17.7 Å². The molecule has 0 aliphatic carbocycles. The van der Waals surface area contributed by atoms with Crippen LogP contribution in [-0.4, -0.2) is 60.2 Å². The Morgan fingerprint density at radius 1 is 1.04 bits per heavy atom. The van der Waals surface area contributed by atoms with E-state index in [1.807, 2.05) is 0 Å². The van der Waals surface area contributed by atoms with E-state index in [1.54, 1.807) is 34.1 Å². The van der Waals surface area contributed by atoms with E-state index in [-0.39, 0.29) is 30.7 Å². The Morgan fingerprint density at radius 2 is 1.62 bits per heavy atom. The smallest absolute Gasteiger partial charge is 0.224 e. The molecule has 1 aliphatic rings. The maximum absolute atomic E-state index is 12.4. The number of piperazine rings is 1. The lowest BCUT2D eigenvalue weighted by atomic mass is 10.2. The minimum atomic E-state index is -0.155. The van der Waals surface area contributed by atoms with Gasteiger partial charge in [0.15, 0.2) is 0 Å². The first-order valence-electron chi connectivity index (χ1n) is 7.96. The van der Waals surface area contributed by atoms with Crippen molar-refractivity contribution in [2.45, 2.75) is 20.3 Å². The summed E-state index contributed by atoms with van der Waals surface area (Å²) in [7, 11) is 0. The van der Waals surface area contributed by atoms with Crippen molar-refractivity contribution in [3.8, 4) is 0 Å². The first-order chi connectivity index (χ1) is 11.4. The molecule has 0 spiro atoms. The van der Waals surface area contributed by atoms with E-state index in [9.17, 15) is 14.4 Å². The van der Waals surface area contributed by atoms with Gasteiger partial charge in [-0.15, -0.1) is 0 Å².